The number of likely N-dealkylation sites (N-methyl/N-ethyl adjacent to an activating group) is 1. The SMILES string of the molecule is CCN(CC)CCN1C(=O)C(=O)C(=C(O)c2cnn(-c3ccccc3)c2C)C1c1ccccn1. The van der Waals surface area contributed by atoms with E-state index in [9.17, 15) is 14.7 Å². The summed E-state index contributed by atoms with van der Waals surface area (Å²) in [5.74, 6) is -1.57. The van der Waals surface area contributed by atoms with Crippen molar-refractivity contribution in [1.29, 1.82) is 0 Å². The molecule has 1 amide bonds. The molecule has 0 spiro atoms. The van der Waals surface area contributed by atoms with Crippen LogP contribution in [0.3, 0.4) is 0 Å². The first-order valence-electron chi connectivity index (χ1n) is 11.5. The molecule has 3 heterocycles. The predicted molar refractivity (Wildman–Crippen MR) is 129 cm³/mol. The van der Waals surface area contributed by atoms with Crippen LogP contribution < -0.4 is 0 Å². The summed E-state index contributed by atoms with van der Waals surface area (Å²) in [7, 11) is 0. The van der Waals surface area contributed by atoms with E-state index < -0.39 is 17.7 Å². The summed E-state index contributed by atoms with van der Waals surface area (Å²) in [5.41, 5.74) is 2.49. The van der Waals surface area contributed by atoms with Gasteiger partial charge >= 0.3 is 0 Å². The Hall–Kier alpha value is -3.78. The molecule has 1 aromatic carbocycles. The maximum absolute atomic E-state index is 13.2. The van der Waals surface area contributed by atoms with Crippen molar-refractivity contribution in [1.82, 2.24) is 24.6 Å². The van der Waals surface area contributed by atoms with Crippen molar-refractivity contribution in [2.45, 2.75) is 26.8 Å². The number of ketones is 1. The van der Waals surface area contributed by atoms with Crippen LogP contribution in [0.5, 0.6) is 0 Å². The van der Waals surface area contributed by atoms with Gasteiger partial charge < -0.3 is 14.9 Å². The van der Waals surface area contributed by atoms with Crippen molar-refractivity contribution >= 4 is 17.4 Å². The first-order valence-corrected chi connectivity index (χ1v) is 11.5. The molecular weight excluding hydrogens is 430 g/mol. The van der Waals surface area contributed by atoms with Crippen LogP contribution in [0.2, 0.25) is 0 Å². The molecule has 2 aromatic heterocycles. The summed E-state index contributed by atoms with van der Waals surface area (Å²) < 4.78 is 1.70. The highest BCUT2D eigenvalue weighted by Crippen LogP contribution is 2.39. The Labute approximate surface area is 199 Å². The molecule has 1 N–H and O–H groups in total. The minimum absolute atomic E-state index is 0.0407. The molecule has 1 aliphatic rings. The summed E-state index contributed by atoms with van der Waals surface area (Å²) in [6.07, 6.45) is 3.15. The van der Waals surface area contributed by atoms with Gasteiger partial charge in [-0.1, -0.05) is 38.1 Å². The molecular formula is C26H29N5O3. The standard InChI is InChI=1S/C26H29N5O3/c1-4-29(5-2)15-16-30-23(21-13-9-10-14-27-21)22(25(33)26(30)34)24(32)20-17-28-31(18(20)3)19-11-7-6-8-12-19/h6-14,17,23,32H,4-5,15-16H2,1-3H3. The first kappa shape index (κ1) is 23.4. The summed E-state index contributed by atoms with van der Waals surface area (Å²) in [6.45, 7) is 8.59. The van der Waals surface area contributed by atoms with Crippen molar-refractivity contribution in [3.05, 3.63) is 83.4 Å². The van der Waals surface area contributed by atoms with Gasteiger partial charge in [-0.2, -0.15) is 5.10 Å². The number of amides is 1. The maximum Gasteiger partial charge on any atom is 0.295 e. The fraction of sp³-hybridized carbons (Fsp3) is 0.308. The highest BCUT2D eigenvalue weighted by Gasteiger charge is 2.46. The third kappa shape index (κ3) is 4.24. The van der Waals surface area contributed by atoms with Crippen molar-refractivity contribution in [3.63, 3.8) is 0 Å². The number of hydrogen-bond acceptors (Lipinski definition) is 6. The van der Waals surface area contributed by atoms with Crippen LogP contribution in [0.25, 0.3) is 11.4 Å². The minimum Gasteiger partial charge on any atom is -0.507 e. The number of para-hydroxylation sites is 1. The zero-order valence-corrected chi connectivity index (χ0v) is 19.7. The Balaban J connectivity index is 1.79. The Morgan fingerprint density at radius 1 is 1.06 bits per heavy atom. The molecule has 1 fully saturated rings. The van der Waals surface area contributed by atoms with E-state index in [1.807, 2.05) is 43.3 Å². The fourth-order valence-electron chi connectivity index (χ4n) is 4.36. The molecule has 1 saturated heterocycles. The molecule has 0 aliphatic carbocycles. The summed E-state index contributed by atoms with van der Waals surface area (Å²) in [5, 5.41) is 15.8. The van der Waals surface area contributed by atoms with E-state index in [1.165, 1.54) is 11.1 Å². The third-order valence-corrected chi connectivity index (χ3v) is 6.33. The lowest BCUT2D eigenvalue weighted by molar-refractivity contribution is -0.140. The van der Waals surface area contributed by atoms with Crippen LogP contribution in [0.4, 0.5) is 0 Å². The number of carbonyl (C=O) groups excluding carboxylic acids is 2. The molecule has 1 atom stereocenters. The monoisotopic (exact) mass is 459 g/mol. The van der Waals surface area contributed by atoms with Gasteiger partial charge in [-0.25, -0.2) is 4.68 Å². The smallest absolute Gasteiger partial charge is 0.295 e. The van der Waals surface area contributed by atoms with Crippen LogP contribution >= 0.6 is 0 Å². The van der Waals surface area contributed by atoms with E-state index in [2.05, 4.69) is 28.8 Å². The second-order valence-corrected chi connectivity index (χ2v) is 8.16. The Kier molecular flexibility index (Phi) is 6.88. The van der Waals surface area contributed by atoms with Crippen LogP contribution in [0.1, 0.15) is 36.8 Å². The van der Waals surface area contributed by atoms with Gasteiger partial charge in [0.2, 0.25) is 0 Å². The molecule has 0 saturated carbocycles. The van der Waals surface area contributed by atoms with Gasteiger partial charge in [0, 0.05) is 19.3 Å². The molecule has 0 radical (unpaired) electrons. The zero-order valence-electron chi connectivity index (χ0n) is 19.7. The lowest BCUT2D eigenvalue weighted by atomic mass is 9.98. The molecule has 0 bridgehead atoms. The highest BCUT2D eigenvalue weighted by atomic mass is 16.3. The van der Waals surface area contributed by atoms with E-state index >= 15 is 0 Å². The predicted octanol–water partition coefficient (Wildman–Crippen LogP) is 3.34. The topological polar surface area (TPSA) is 91.6 Å². The van der Waals surface area contributed by atoms with Crippen molar-refractivity contribution in [2.75, 3.05) is 26.2 Å². The Morgan fingerprint density at radius 3 is 2.41 bits per heavy atom. The Morgan fingerprint density at radius 2 is 1.76 bits per heavy atom. The normalized spacial score (nSPS) is 17.6. The summed E-state index contributed by atoms with van der Waals surface area (Å²) in [4.78, 5) is 34.4. The Bertz CT molecular complexity index is 1200. The lowest BCUT2D eigenvalue weighted by Crippen LogP contribution is -2.38. The molecule has 1 unspecified atom stereocenters. The molecule has 34 heavy (non-hydrogen) atoms. The zero-order chi connectivity index (χ0) is 24.2. The van der Waals surface area contributed by atoms with Gasteiger partial charge in [-0.15, -0.1) is 0 Å². The fourth-order valence-corrected chi connectivity index (χ4v) is 4.36. The van der Waals surface area contributed by atoms with Gasteiger partial charge in [0.1, 0.15) is 11.8 Å². The summed E-state index contributed by atoms with van der Waals surface area (Å²) in [6, 6.07) is 14.1. The number of rotatable bonds is 8. The number of pyridine rings is 1. The van der Waals surface area contributed by atoms with E-state index in [0.29, 0.717) is 30.0 Å². The number of likely N-dealkylation sites (tertiary alicyclic amines) is 1. The number of aromatic nitrogens is 3. The number of Topliss-reactive ketones (excluding diaryl/α,β-unsaturated/α-hetero) is 1. The van der Waals surface area contributed by atoms with Crippen LogP contribution in [-0.2, 0) is 9.59 Å². The van der Waals surface area contributed by atoms with Crippen LogP contribution in [0, 0.1) is 6.92 Å². The minimum atomic E-state index is -0.767. The van der Waals surface area contributed by atoms with Crippen LogP contribution in [0.15, 0.2) is 66.5 Å². The molecule has 176 valence electrons. The van der Waals surface area contributed by atoms with Crippen LogP contribution in [-0.4, -0.2) is 67.5 Å². The first-order chi connectivity index (χ1) is 16.5. The largest absolute Gasteiger partial charge is 0.507 e. The molecule has 8 heteroatoms. The number of carbonyl (C=O) groups is 2. The third-order valence-electron chi connectivity index (χ3n) is 6.33. The van der Waals surface area contributed by atoms with Crippen molar-refractivity contribution in [3.8, 4) is 5.69 Å². The van der Waals surface area contributed by atoms with E-state index in [4.69, 9.17) is 0 Å². The average molecular weight is 460 g/mol. The molecule has 1 aliphatic heterocycles. The number of nitrogens with zero attached hydrogens (tertiary/aromatic N) is 5. The number of aliphatic hydroxyl groups excluding tert-OH is 1. The lowest BCUT2D eigenvalue weighted by Gasteiger charge is -2.27. The molecule has 4 rings (SSSR count). The van der Waals surface area contributed by atoms with E-state index in [1.54, 1.807) is 23.0 Å². The maximum atomic E-state index is 13.2. The number of benzene rings is 1. The molecule has 8 nitrogen and oxygen atoms in total. The van der Waals surface area contributed by atoms with Gasteiger partial charge in [0.05, 0.1) is 34.4 Å². The molecule has 3 aromatic rings. The van der Waals surface area contributed by atoms with Crippen molar-refractivity contribution in [2.24, 2.45) is 0 Å². The highest BCUT2D eigenvalue weighted by molar-refractivity contribution is 6.46. The quantitative estimate of drug-likeness (QED) is 0.316. The summed E-state index contributed by atoms with van der Waals surface area (Å²) >= 11 is 0. The number of hydrogen-bond donors (Lipinski definition) is 1. The second-order valence-electron chi connectivity index (χ2n) is 8.16. The van der Waals surface area contributed by atoms with Crippen molar-refractivity contribution < 1.29 is 14.7 Å². The van der Waals surface area contributed by atoms with Gasteiger partial charge in [0.15, 0.2) is 0 Å². The number of aliphatic hydroxyl groups is 1. The average Bonchev–Trinajstić information content (AvgIpc) is 3.38. The second kappa shape index (κ2) is 10.0. The van der Waals surface area contributed by atoms with Gasteiger partial charge in [-0.3, -0.25) is 14.6 Å². The van der Waals surface area contributed by atoms with E-state index in [-0.39, 0.29) is 11.3 Å². The van der Waals surface area contributed by atoms with Gasteiger partial charge in [0.25, 0.3) is 11.7 Å². The van der Waals surface area contributed by atoms with Gasteiger partial charge in [-0.05, 0) is 44.3 Å². The van der Waals surface area contributed by atoms with E-state index in [0.717, 1.165) is 18.8 Å².